The van der Waals surface area contributed by atoms with Crippen LogP contribution in [-0.2, 0) is 5.88 Å². The van der Waals surface area contributed by atoms with Gasteiger partial charge in [-0.05, 0) is 17.7 Å². The van der Waals surface area contributed by atoms with Crippen LogP contribution in [0.5, 0.6) is 5.75 Å². The van der Waals surface area contributed by atoms with Crippen LogP contribution < -0.4 is 4.74 Å². The van der Waals surface area contributed by atoms with Gasteiger partial charge in [-0.3, -0.25) is 0 Å². The molecule has 0 aromatic heterocycles. The molecule has 3 heteroatoms. The molecular weight excluding hydrogens is 227 g/mol. The Bertz CT molecular complexity index is 250. The molecule has 0 unspecified atom stereocenters. The lowest BCUT2D eigenvalue weighted by atomic mass is 10.2. The van der Waals surface area contributed by atoms with Crippen molar-refractivity contribution in [3.63, 3.8) is 0 Å². The summed E-state index contributed by atoms with van der Waals surface area (Å²) in [7, 11) is 1.64. The number of methoxy groups -OCH3 is 1. The Balaban J connectivity index is 2.99. The Hall–Kier alpha value is -0.210. The molecule has 0 spiro atoms. The quantitative estimate of drug-likeness (QED) is 0.715. The number of ether oxygens (including phenoxy) is 1. The van der Waals surface area contributed by atoms with Gasteiger partial charge in [0.05, 0.1) is 7.11 Å². The third kappa shape index (κ3) is 2.11. The van der Waals surface area contributed by atoms with Gasteiger partial charge >= 0.3 is 0 Å². The maximum absolute atomic E-state index is 5.66. The molecule has 0 aliphatic rings. The molecule has 0 heterocycles. The summed E-state index contributed by atoms with van der Waals surface area (Å²) in [4.78, 5) is 0. The Labute approximate surface area is 79.4 Å². The third-order valence-electron chi connectivity index (χ3n) is 1.40. The molecule has 0 bridgehead atoms. The van der Waals surface area contributed by atoms with Crippen LogP contribution >= 0.6 is 27.5 Å². The summed E-state index contributed by atoms with van der Waals surface area (Å²) in [5.41, 5.74) is 1.08. The summed E-state index contributed by atoms with van der Waals surface area (Å²) in [5.74, 6) is 1.36. The predicted molar refractivity (Wildman–Crippen MR) is 50.3 cm³/mol. The van der Waals surface area contributed by atoms with E-state index in [9.17, 15) is 0 Å². The van der Waals surface area contributed by atoms with Gasteiger partial charge in [-0.15, -0.1) is 11.6 Å². The molecule has 11 heavy (non-hydrogen) atoms. The molecule has 1 aromatic rings. The van der Waals surface area contributed by atoms with Gasteiger partial charge in [-0.1, -0.05) is 22.0 Å². The maximum Gasteiger partial charge on any atom is 0.120 e. The Morgan fingerprint density at radius 1 is 1.55 bits per heavy atom. The predicted octanol–water partition coefficient (Wildman–Crippen LogP) is 3.20. The van der Waals surface area contributed by atoms with Gasteiger partial charge in [-0.25, -0.2) is 0 Å². The van der Waals surface area contributed by atoms with Gasteiger partial charge in [0.15, 0.2) is 0 Å². The Kier molecular flexibility index (Phi) is 3.21. The first-order valence-corrected chi connectivity index (χ1v) is 4.49. The van der Waals surface area contributed by atoms with Crippen LogP contribution in [0.4, 0.5) is 0 Å². The fourth-order valence-electron chi connectivity index (χ4n) is 0.763. The van der Waals surface area contributed by atoms with E-state index in [-0.39, 0.29) is 0 Å². The number of halogens is 2. The van der Waals surface area contributed by atoms with Crippen LogP contribution in [0.15, 0.2) is 22.7 Å². The first-order chi connectivity index (χ1) is 5.27. The molecule has 1 rings (SSSR count). The number of hydrogen-bond acceptors (Lipinski definition) is 1. The van der Waals surface area contributed by atoms with Crippen molar-refractivity contribution in [2.75, 3.05) is 7.11 Å². The van der Waals surface area contributed by atoms with Crippen LogP contribution in [0.2, 0.25) is 0 Å². The maximum atomic E-state index is 5.66. The normalized spacial score (nSPS) is 9.73. The van der Waals surface area contributed by atoms with Crippen LogP contribution in [0.3, 0.4) is 0 Å². The van der Waals surface area contributed by atoms with Crippen LogP contribution in [0.25, 0.3) is 0 Å². The summed E-state index contributed by atoms with van der Waals surface area (Å²) >= 11 is 9.04. The zero-order valence-electron chi connectivity index (χ0n) is 6.10. The van der Waals surface area contributed by atoms with Gasteiger partial charge in [0, 0.05) is 10.4 Å². The minimum Gasteiger partial charge on any atom is -0.497 e. The van der Waals surface area contributed by atoms with E-state index in [2.05, 4.69) is 15.9 Å². The second-order valence-corrected chi connectivity index (χ2v) is 3.21. The van der Waals surface area contributed by atoms with Crippen molar-refractivity contribution in [2.24, 2.45) is 0 Å². The summed E-state index contributed by atoms with van der Waals surface area (Å²) in [6, 6.07) is 5.73. The average Bonchev–Trinajstić information content (AvgIpc) is 2.04. The third-order valence-corrected chi connectivity index (χ3v) is 2.43. The second kappa shape index (κ2) is 3.98. The van der Waals surface area contributed by atoms with E-state index >= 15 is 0 Å². The standard InChI is InChI=1S/C8H8BrClO/c1-11-7-3-2-6(5-10)8(9)4-7/h2-4H,5H2,1H3. The molecule has 60 valence electrons. The van der Waals surface area contributed by atoms with Gasteiger partial charge in [0.25, 0.3) is 0 Å². The van der Waals surface area contributed by atoms with E-state index < -0.39 is 0 Å². The van der Waals surface area contributed by atoms with Crippen molar-refractivity contribution in [2.45, 2.75) is 5.88 Å². The van der Waals surface area contributed by atoms with Gasteiger partial charge < -0.3 is 4.74 Å². The van der Waals surface area contributed by atoms with Crippen LogP contribution in [-0.4, -0.2) is 7.11 Å². The van der Waals surface area contributed by atoms with Crippen molar-refractivity contribution in [1.82, 2.24) is 0 Å². The molecule has 0 saturated heterocycles. The monoisotopic (exact) mass is 234 g/mol. The SMILES string of the molecule is COc1ccc(CCl)c(Br)c1. The van der Waals surface area contributed by atoms with Crippen LogP contribution in [0, 0.1) is 0 Å². The summed E-state index contributed by atoms with van der Waals surface area (Å²) in [6.07, 6.45) is 0. The van der Waals surface area contributed by atoms with Gasteiger partial charge in [0.1, 0.15) is 5.75 Å². The molecular formula is C8H8BrClO. The number of hydrogen-bond donors (Lipinski definition) is 0. The van der Waals surface area contributed by atoms with E-state index in [0.717, 1.165) is 15.8 Å². The van der Waals surface area contributed by atoms with E-state index in [4.69, 9.17) is 16.3 Å². The van der Waals surface area contributed by atoms with Crippen molar-refractivity contribution in [1.29, 1.82) is 0 Å². The van der Waals surface area contributed by atoms with E-state index in [1.54, 1.807) is 7.11 Å². The number of benzene rings is 1. The largest absolute Gasteiger partial charge is 0.497 e. The fourth-order valence-corrected chi connectivity index (χ4v) is 1.66. The summed E-state index contributed by atoms with van der Waals surface area (Å²) in [6.45, 7) is 0. The molecule has 0 amide bonds. The van der Waals surface area contributed by atoms with Crippen molar-refractivity contribution >= 4 is 27.5 Å². The molecule has 0 radical (unpaired) electrons. The van der Waals surface area contributed by atoms with E-state index in [0.29, 0.717) is 5.88 Å². The van der Waals surface area contributed by atoms with E-state index in [1.807, 2.05) is 18.2 Å². The molecule has 0 N–H and O–H groups in total. The lowest BCUT2D eigenvalue weighted by Crippen LogP contribution is -1.85. The highest BCUT2D eigenvalue weighted by atomic mass is 79.9. The highest BCUT2D eigenvalue weighted by Gasteiger charge is 1.98. The highest BCUT2D eigenvalue weighted by molar-refractivity contribution is 9.10. The van der Waals surface area contributed by atoms with Crippen molar-refractivity contribution in [3.8, 4) is 5.75 Å². The lowest BCUT2D eigenvalue weighted by Gasteiger charge is -2.02. The number of rotatable bonds is 2. The Morgan fingerprint density at radius 2 is 2.27 bits per heavy atom. The van der Waals surface area contributed by atoms with Gasteiger partial charge in [-0.2, -0.15) is 0 Å². The molecule has 1 nitrogen and oxygen atoms in total. The van der Waals surface area contributed by atoms with Crippen molar-refractivity contribution in [3.05, 3.63) is 28.2 Å². The first kappa shape index (κ1) is 8.88. The van der Waals surface area contributed by atoms with Crippen molar-refractivity contribution < 1.29 is 4.74 Å². The topological polar surface area (TPSA) is 9.23 Å². The second-order valence-electron chi connectivity index (χ2n) is 2.09. The highest BCUT2D eigenvalue weighted by Crippen LogP contribution is 2.23. The smallest absolute Gasteiger partial charge is 0.120 e. The lowest BCUT2D eigenvalue weighted by molar-refractivity contribution is 0.414. The minimum atomic E-state index is 0.518. The fraction of sp³-hybridized carbons (Fsp3) is 0.250. The van der Waals surface area contributed by atoms with Crippen LogP contribution in [0.1, 0.15) is 5.56 Å². The molecule has 0 aliphatic heterocycles. The Morgan fingerprint density at radius 3 is 2.73 bits per heavy atom. The zero-order valence-corrected chi connectivity index (χ0v) is 8.45. The molecule has 0 saturated carbocycles. The van der Waals surface area contributed by atoms with E-state index in [1.165, 1.54) is 0 Å². The summed E-state index contributed by atoms with van der Waals surface area (Å²) < 4.78 is 6.01. The van der Waals surface area contributed by atoms with Gasteiger partial charge in [0.2, 0.25) is 0 Å². The number of alkyl halides is 1. The first-order valence-electron chi connectivity index (χ1n) is 3.16. The minimum absolute atomic E-state index is 0.518. The zero-order chi connectivity index (χ0) is 8.27. The summed E-state index contributed by atoms with van der Waals surface area (Å²) in [5, 5.41) is 0. The molecule has 0 atom stereocenters. The molecule has 0 fully saturated rings. The molecule has 0 aliphatic carbocycles. The molecule has 1 aromatic carbocycles. The average molecular weight is 236 g/mol.